The summed E-state index contributed by atoms with van der Waals surface area (Å²) in [6.07, 6.45) is 7.21. The fraction of sp³-hybridized carbons (Fsp3) is 1.00. The van der Waals surface area contributed by atoms with Crippen LogP contribution in [0.1, 0.15) is 46.0 Å². The van der Waals surface area contributed by atoms with Crippen LogP contribution in [0.3, 0.4) is 0 Å². The average Bonchev–Trinajstić information content (AvgIpc) is 3.13. The molecule has 0 spiro atoms. The van der Waals surface area contributed by atoms with E-state index >= 15 is 0 Å². The fourth-order valence-corrected chi connectivity index (χ4v) is 2.87. The van der Waals surface area contributed by atoms with Crippen LogP contribution in [0.5, 0.6) is 0 Å². The van der Waals surface area contributed by atoms with Gasteiger partial charge in [-0.3, -0.25) is 0 Å². The van der Waals surface area contributed by atoms with Crippen molar-refractivity contribution in [3.63, 3.8) is 0 Å². The maximum absolute atomic E-state index is 3.74. The second-order valence-electron chi connectivity index (χ2n) is 5.77. The molecule has 1 saturated carbocycles. The topological polar surface area (TPSA) is 15.3 Å². The van der Waals surface area contributed by atoms with Gasteiger partial charge in [-0.1, -0.05) is 19.8 Å². The molecular weight excluding hydrogens is 196 g/mol. The molecule has 2 fully saturated rings. The van der Waals surface area contributed by atoms with Crippen molar-refractivity contribution in [2.24, 2.45) is 11.8 Å². The van der Waals surface area contributed by atoms with Crippen molar-refractivity contribution in [1.82, 2.24) is 10.2 Å². The first-order chi connectivity index (χ1) is 7.79. The Bertz CT molecular complexity index is 201. The van der Waals surface area contributed by atoms with Crippen molar-refractivity contribution in [1.29, 1.82) is 0 Å². The summed E-state index contributed by atoms with van der Waals surface area (Å²) < 4.78 is 0. The fourth-order valence-electron chi connectivity index (χ4n) is 2.87. The molecule has 94 valence electrons. The third kappa shape index (κ3) is 3.74. The molecule has 0 aromatic carbocycles. The van der Waals surface area contributed by atoms with E-state index in [0.717, 1.165) is 11.8 Å². The number of hydrogen-bond acceptors (Lipinski definition) is 2. The summed E-state index contributed by atoms with van der Waals surface area (Å²) in [5, 5.41) is 3.74. The summed E-state index contributed by atoms with van der Waals surface area (Å²) in [6, 6.07) is 0.716. The number of nitrogens with zero attached hydrogens (tertiary/aromatic N) is 1. The van der Waals surface area contributed by atoms with Crippen LogP contribution in [0.4, 0.5) is 0 Å². The zero-order valence-corrected chi connectivity index (χ0v) is 11.0. The predicted molar refractivity (Wildman–Crippen MR) is 69.6 cm³/mol. The van der Waals surface area contributed by atoms with E-state index in [-0.39, 0.29) is 0 Å². The van der Waals surface area contributed by atoms with Gasteiger partial charge in [-0.2, -0.15) is 0 Å². The van der Waals surface area contributed by atoms with E-state index < -0.39 is 0 Å². The summed E-state index contributed by atoms with van der Waals surface area (Å²) in [7, 11) is 0. The lowest BCUT2D eigenvalue weighted by Crippen LogP contribution is -2.44. The molecule has 1 aliphatic carbocycles. The highest BCUT2D eigenvalue weighted by Gasteiger charge is 2.24. The molecule has 1 saturated heterocycles. The van der Waals surface area contributed by atoms with Crippen LogP contribution in [-0.2, 0) is 0 Å². The van der Waals surface area contributed by atoms with Gasteiger partial charge in [0.05, 0.1) is 0 Å². The SMILES string of the molecule is CCN1CCCC(C(C)NCCC2CC2)C1. The molecule has 0 aromatic heterocycles. The van der Waals surface area contributed by atoms with Crippen LogP contribution >= 0.6 is 0 Å². The maximum Gasteiger partial charge on any atom is 0.00792 e. The molecule has 16 heavy (non-hydrogen) atoms. The van der Waals surface area contributed by atoms with Crippen molar-refractivity contribution in [2.75, 3.05) is 26.2 Å². The van der Waals surface area contributed by atoms with Crippen molar-refractivity contribution in [3.05, 3.63) is 0 Å². The van der Waals surface area contributed by atoms with Crippen LogP contribution in [0.15, 0.2) is 0 Å². The third-order valence-electron chi connectivity index (χ3n) is 4.41. The summed E-state index contributed by atoms with van der Waals surface area (Å²) in [6.45, 7) is 9.78. The number of hydrogen-bond donors (Lipinski definition) is 1. The normalized spacial score (nSPS) is 29.2. The molecule has 2 heteroatoms. The van der Waals surface area contributed by atoms with Gasteiger partial charge < -0.3 is 10.2 Å². The summed E-state index contributed by atoms with van der Waals surface area (Å²) >= 11 is 0. The van der Waals surface area contributed by atoms with Gasteiger partial charge in [-0.05, 0) is 57.7 Å². The van der Waals surface area contributed by atoms with Gasteiger partial charge in [0.2, 0.25) is 0 Å². The van der Waals surface area contributed by atoms with Crippen LogP contribution in [0, 0.1) is 11.8 Å². The maximum atomic E-state index is 3.74. The first-order valence-corrected chi connectivity index (χ1v) is 7.25. The number of likely N-dealkylation sites (tertiary alicyclic amines) is 1. The van der Waals surface area contributed by atoms with Crippen LogP contribution in [-0.4, -0.2) is 37.1 Å². The standard InChI is InChI=1S/C14H28N2/c1-3-16-10-4-5-14(11-16)12(2)15-9-8-13-6-7-13/h12-15H,3-11H2,1-2H3. The summed E-state index contributed by atoms with van der Waals surface area (Å²) in [5.74, 6) is 1.95. The lowest BCUT2D eigenvalue weighted by molar-refractivity contribution is 0.157. The largest absolute Gasteiger partial charge is 0.314 e. The van der Waals surface area contributed by atoms with Crippen LogP contribution in [0.25, 0.3) is 0 Å². The lowest BCUT2D eigenvalue weighted by Gasteiger charge is -2.35. The van der Waals surface area contributed by atoms with E-state index in [0.29, 0.717) is 6.04 Å². The molecule has 0 aromatic rings. The Balaban J connectivity index is 1.64. The molecule has 0 bridgehead atoms. The minimum atomic E-state index is 0.716. The average molecular weight is 224 g/mol. The van der Waals surface area contributed by atoms with E-state index in [1.54, 1.807) is 0 Å². The molecule has 1 heterocycles. The minimum absolute atomic E-state index is 0.716. The third-order valence-corrected chi connectivity index (χ3v) is 4.41. The van der Waals surface area contributed by atoms with Crippen molar-refractivity contribution >= 4 is 0 Å². The Labute approximate surface area is 101 Å². The summed E-state index contributed by atoms with van der Waals surface area (Å²) in [5.41, 5.74) is 0. The number of rotatable bonds is 6. The van der Waals surface area contributed by atoms with Crippen molar-refractivity contribution < 1.29 is 0 Å². The monoisotopic (exact) mass is 224 g/mol. The number of nitrogens with one attached hydrogen (secondary N) is 1. The molecule has 0 amide bonds. The number of piperidine rings is 1. The van der Waals surface area contributed by atoms with Crippen LogP contribution < -0.4 is 5.32 Å². The van der Waals surface area contributed by atoms with E-state index in [4.69, 9.17) is 0 Å². The first kappa shape index (κ1) is 12.4. The van der Waals surface area contributed by atoms with Gasteiger partial charge >= 0.3 is 0 Å². The van der Waals surface area contributed by atoms with E-state index in [2.05, 4.69) is 24.1 Å². The van der Waals surface area contributed by atoms with Crippen LogP contribution in [0.2, 0.25) is 0 Å². The Morgan fingerprint density at radius 1 is 1.31 bits per heavy atom. The molecular formula is C14H28N2. The van der Waals surface area contributed by atoms with E-state index in [9.17, 15) is 0 Å². The van der Waals surface area contributed by atoms with Gasteiger partial charge in [-0.15, -0.1) is 0 Å². The lowest BCUT2D eigenvalue weighted by atomic mass is 9.91. The zero-order chi connectivity index (χ0) is 11.4. The Hall–Kier alpha value is -0.0800. The predicted octanol–water partition coefficient (Wildman–Crippen LogP) is 2.50. The highest BCUT2D eigenvalue weighted by Crippen LogP contribution is 2.31. The van der Waals surface area contributed by atoms with Gasteiger partial charge in [0, 0.05) is 12.6 Å². The highest BCUT2D eigenvalue weighted by molar-refractivity contribution is 4.81. The van der Waals surface area contributed by atoms with Crippen molar-refractivity contribution in [2.45, 2.75) is 52.0 Å². The van der Waals surface area contributed by atoms with Crippen molar-refractivity contribution in [3.8, 4) is 0 Å². The molecule has 2 atom stereocenters. The quantitative estimate of drug-likeness (QED) is 0.746. The second-order valence-corrected chi connectivity index (χ2v) is 5.77. The molecule has 2 aliphatic rings. The first-order valence-electron chi connectivity index (χ1n) is 7.25. The second kappa shape index (κ2) is 6.02. The van der Waals surface area contributed by atoms with Gasteiger partial charge in [-0.25, -0.2) is 0 Å². The highest BCUT2D eigenvalue weighted by atomic mass is 15.1. The smallest absolute Gasteiger partial charge is 0.00792 e. The molecule has 0 radical (unpaired) electrons. The zero-order valence-electron chi connectivity index (χ0n) is 11.0. The molecule has 1 aliphatic heterocycles. The van der Waals surface area contributed by atoms with E-state index in [1.807, 2.05) is 0 Å². The minimum Gasteiger partial charge on any atom is -0.314 e. The van der Waals surface area contributed by atoms with Gasteiger partial charge in [0.25, 0.3) is 0 Å². The molecule has 2 rings (SSSR count). The Morgan fingerprint density at radius 3 is 2.81 bits per heavy atom. The van der Waals surface area contributed by atoms with E-state index in [1.165, 1.54) is 58.3 Å². The molecule has 1 N–H and O–H groups in total. The molecule has 2 nitrogen and oxygen atoms in total. The van der Waals surface area contributed by atoms with Gasteiger partial charge in [0.15, 0.2) is 0 Å². The van der Waals surface area contributed by atoms with Gasteiger partial charge in [0.1, 0.15) is 0 Å². The molecule has 2 unspecified atom stereocenters. The summed E-state index contributed by atoms with van der Waals surface area (Å²) in [4.78, 5) is 2.60. The Kier molecular flexibility index (Phi) is 4.66. The Morgan fingerprint density at radius 2 is 2.12 bits per heavy atom.